The number of urea groups is 1. The van der Waals surface area contributed by atoms with E-state index in [1.807, 2.05) is 6.07 Å². The molecule has 5 rings (SSSR count). The Hall–Kier alpha value is -4.35. The van der Waals surface area contributed by atoms with E-state index in [0.29, 0.717) is 22.5 Å². The van der Waals surface area contributed by atoms with Gasteiger partial charge in [0.2, 0.25) is 0 Å². The van der Waals surface area contributed by atoms with E-state index >= 15 is 0 Å². The molecule has 0 aliphatic heterocycles. The molecule has 39 heavy (non-hydrogen) atoms. The van der Waals surface area contributed by atoms with E-state index in [-0.39, 0.29) is 17.4 Å². The number of nitrogens with one attached hydrogen (secondary N) is 2. The predicted octanol–water partition coefficient (Wildman–Crippen LogP) is 7.07. The van der Waals surface area contributed by atoms with Crippen molar-refractivity contribution in [1.29, 1.82) is 0 Å². The minimum absolute atomic E-state index is 0.0645. The molecule has 0 saturated heterocycles. The van der Waals surface area contributed by atoms with Crippen molar-refractivity contribution >= 4 is 51.7 Å². The number of nitrogens with zero attached hydrogens (tertiary/aromatic N) is 3. The molecule has 5 aromatic rings. The Morgan fingerprint density at radius 3 is 2.31 bits per heavy atom. The molecular weight excluding hydrogens is 558 g/mol. The highest BCUT2D eigenvalue weighted by atomic mass is 35.5. The zero-order valence-corrected chi connectivity index (χ0v) is 21.1. The van der Waals surface area contributed by atoms with Gasteiger partial charge in [-0.3, -0.25) is 4.57 Å². The molecule has 0 radical (unpaired) electrons. The fourth-order valence-electron chi connectivity index (χ4n) is 3.87. The van der Waals surface area contributed by atoms with Crippen LogP contribution in [0, 0.1) is 0 Å². The lowest BCUT2D eigenvalue weighted by Crippen LogP contribution is -2.19. The van der Waals surface area contributed by atoms with Crippen LogP contribution in [0.4, 0.5) is 29.3 Å². The molecule has 2 N–H and O–H groups in total. The van der Waals surface area contributed by atoms with Crippen LogP contribution in [-0.2, 0) is 12.7 Å². The predicted molar refractivity (Wildman–Crippen MR) is 141 cm³/mol. The molecule has 0 unspecified atom stereocenters. The number of oxazole rings is 1. The number of alkyl halides is 3. The number of amides is 2. The summed E-state index contributed by atoms with van der Waals surface area (Å²) in [6.45, 7) is 0.156. The van der Waals surface area contributed by atoms with Gasteiger partial charge in [0, 0.05) is 11.4 Å². The van der Waals surface area contributed by atoms with Gasteiger partial charge in [0.1, 0.15) is 11.5 Å². The molecule has 13 heteroatoms. The number of anilines is 2. The van der Waals surface area contributed by atoms with Crippen molar-refractivity contribution in [3.05, 3.63) is 105 Å². The number of benzene rings is 3. The van der Waals surface area contributed by atoms with E-state index in [1.165, 1.54) is 17.0 Å². The molecule has 0 spiro atoms. The zero-order chi connectivity index (χ0) is 27.7. The minimum atomic E-state index is -4.65. The van der Waals surface area contributed by atoms with Gasteiger partial charge < -0.3 is 15.1 Å². The second-order valence-corrected chi connectivity index (χ2v) is 9.11. The largest absolute Gasteiger partial charge is 0.420 e. The van der Waals surface area contributed by atoms with Crippen LogP contribution in [0.15, 0.2) is 82.3 Å². The number of rotatable bonds is 5. The lowest BCUT2D eigenvalue weighted by molar-refractivity contribution is -0.137. The summed E-state index contributed by atoms with van der Waals surface area (Å²) in [5.41, 5.74) is 2.32. The lowest BCUT2D eigenvalue weighted by atomic mass is 10.0. The normalized spacial score (nSPS) is 11.5. The van der Waals surface area contributed by atoms with Gasteiger partial charge in [-0.15, -0.1) is 0 Å². The number of aromatic nitrogens is 3. The zero-order valence-electron chi connectivity index (χ0n) is 19.6. The molecule has 198 valence electrons. The van der Waals surface area contributed by atoms with Gasteiger partial charge in [0.15, 0.2) is 5.58 Å². The number of fused-ring (bicyclic) bond motifs is 1. The van der Waals surface area contributed by atoms with Gasteiger partial charge in [0.25, 0.3) is 0 Å². The highest BCUT2D eigenvalue weighted by Gasteiger charge is 2.33. The maximum atomic E-state index is 13.1. The first-order valence-electron chi connectivity index (χ1n) is 11.2. The van der Waals surface area contributed by atoms with Crippen molar-refractivity contribution in [1.82, 2.24) is 14.5 Å². The second kappa shape index (κ2) is 10.4. The van der Waals surface area contributed by atoms with Crippen LogP contribution in [0.1, 0.15) is 11.3 Å². The number of carbonyl (C=O) groups excluding carboxylic acids is 1. The van der Waals surface area contributed by atoms with E-state index in [4.69, 9.17) is 27.6 Å². The quantitative estimate of drug-likeness (QED) is 0.219. The molecule has 0 aliphatic carbocycles. The van der Waals surface area contributed by atoms with Gasteiger partial charge >= 0.3 is 18.0 Å². The fraction of sp³-hybridized carbons (Fsp3) is 0.0769. The number of halogens is 5. The van der Waals surface area contributed by atoms with Crippen molar-refractivity contribution in [2.24, 2.45) is 0 Å². The smallest absolute Gasteiger partial charge is 0.408 e. The van der Waals surface area contributed by atoms with Crippen LogP contribution in [0.25, 0.3) is 22.2 Å². The van der Waals surface area contributed by atoms with Crippen molar-refractivity contribution in [2.75, 3.05) is 10.6 Å². The summed E-state index contributed by atoms with van der Waals surface area (Å²) in [6, 6.07) is 15.9. The summed E-state index contributed by atoms with van der Waals surface area (Å²) < 4.78 is 46.0. The van der Waals surface area contributed by atoms with E-state index in [1.54, 1.807) is 42.5 Å². The van der Waals surface area contributed by atoms with E-state index < -0.39 is 28.5 Å². The van der Waals surface area contributed by atoms with E-state index in [2.05, 4.69) is 20.6 Å². The van der Waals surface area contributed by atoms with Crippen LogP contribution >= 0.6 is 23.2 Å². The Balaban J connectivity index is 1.29. The average Bonchev–Trinajstić information content (AvgIpc) is 3.19. The second-order valence-electron chi connectivity index (χ2n) is 8.32. The molecule has 0 atom stereocenters. The molecule has 0 fully saturated rings. The third-order valence-electron chi connectivity index (χ3n) is 5.68. The van der Waals surface area contributed by atoms with Crippen molar-refractivity contribution in [2.45, 2.75) is 12.7 Å². The molecule has 2 heterocycles. The number of hydrogen-bond acceptors (Lipinski definition) is 5. The SMILES string of the molecule is O=C(Nc1ccc(-c2ccc3c(c2)oc(=O)n3Cc2cc(Cl)ncn2)cc1)Nc1ccc(Cl)c(C(F)(F)F)c1. The summed E-state index contributed by atoms with van der Waals surface area (Å²) in [5, 5.41) is 4.72. The topological polar surface area (TPSA) is 102 Å². The molecule has 8 nitrogen and oxygen atoms in total. The van der Waals surface area contributed by atoms with Crippen LogP contribution in [-0.4, -0.2) is 20.6 Å². The highest BCUT2D eigenvalue weighted by Crippen LogP contribution is 2.36. The summed E-state index contributed by atoms with van der Waals surface area (Å²) in [7, 11) is 0. The Morgan fingerprint density at radius 1 is 0.897 bits per heavy atom. The molecule has 0 saturated carbocycles. The van der Waals surface area contributed by atoms with Gasteiger partial charge in [-0.05, 0) is 59.7 Å². The maximum Gasteiger partial charge on any atom is 0.420 e. The maximum absolute atomic E-state index is 13.1. The van der Waals surface area contributed by atoms with Crippen LogP contribution in [0.3, 0.4) is 0 Å². The molecule has 2 aromatic heterocycles. The summed E-state index contributed by atoms with van der Waals surface area (Å²) in [5.74, 6) is -0.550. The van der Waals surface area contributed by atoms with Crippen molar-refractivity contribution < 1.29 is 22.4 Å². The summed E-state index contributed by atoms with van der Waals surface area (Å²) >= 11 is 11.5. The van der Waals surface area contributed by atoms with Crippen molar-refractivity contribution in [3.8, 4) is 11.1 Å². The number of carbonyl (C=O) groups is 1. The lowest BCUT2D eigenvalue weighted by Gasteiger charge is -2.12. The Bertz CT molecular complexity index is 1750. The molecular formula is C26H16Cl2F3N5O3. The summed E-state index contributed by atoms with van der Waals surface area (Å²) in [4.78, 5) is 32.7. The first-order chi connectivity index (χ1) is 18.6. The van der Waals surface area contributed by atoms with E-state index in [0.717, 1.165) is 23.3 Å². The fourth-order valence-corrected chi connectivity index (χ4v) is 4.27. The molecule has 2 amide bonds. The monoisotopic (exact) mass is 573 g/mol. The average molecular weight is 574 g/mol. The standard InChI is InChI=1S/C26H16Cl2F3N5O3/c27-20-7-6-17(10-19(20)26(29,30)31)35-24(37)34-16-4-1-14(2-5-16)15-3-8-21-22(9-15)39-25(38)36(21)12-18-11-23(28)33-13-32-18/h1-11,13H,12H2,(H2,34,35,37). The Labute approximate surface area is 228 Å². The van der Waals surface area contributed by atoms with Gasteiger partial charge in [-0.25, -0.2) is 19.6 Å². The first kappa shape index (κ1) is 26.3. The third-order valence-corrected chi connectivity index (χ3v) is 6.22. The molecule has 0 aliphatic rings. The van der Waals surface area contributed by atoms with Gasteiger partial charge in [-0.2, -0.15) is 13.2 Å². The molecule has 3 aromatic carbocycles. The van der Waals surface area contributed by atoms with E-state index in [9.17, 15) is 22.8 Å². The van der Waals surface area contributed by atoms with Crippen LogP contribution < -0.4 is 16.4 Å². The highest BCUT2D eigenvalue weighted by molar-refractivity contribution is 6.31. The summed E-state index contributed by atoms with van der Waals surface area (Å²) in [6.07, 6.45) is -3.34. The third kappa shape index (κ3) is 5.89. The Kier molecular flexibility index (Phi) is 7.02. The first-order valence-corrected chi connectivity index (χ1v) is 12.0. The van der Waals surface area contributed by atoms with Crippen LogP contribution in [0.5, 0.6) is 0 Å². The minimum Gasteiger partial charge on any atom is -0.408 e. The Morgan fingerprint density at radius 2 is 1.59 bits per heavy atom. The van der Waals surface area contributed by atoms with Gasteiger partial charge in [0.05, 0.1) is 28.3 Å². The van der Waals surface area contributed by atoms with Gasteiger partial charge in [-0.1, -0.05) is 41.4 Å². The van der Waals surface area contributed by atoms with Crippen molar-refractivity contribution in [3.63, 3.8) is 0 Å². The number of hydrogen-bond donors (Lipinski definition) is 2. The van der Waals surface area contributed by atoms with Crippen LogP contribution in [0.2, 0.25) is 10.2 Å². The molecule has 0 bridgehead atoms.